The highest BCUT2D eigenvalue weighted by atomic mass is 32.2. The minimum Gasteiger partial charge on any atom is -0.478 e. The largest absolute Gasteiger partial charge is 0.478 e. The lowest BCUT2D eigenvalue weighted by molar-refractivity contribution is 0.0696. The Kier molecular flexibility index (Phi) is 3.25. The SMILES string of the molecule is CCS(=O)(=O)Nc1cncc(C(=O)O)c1. The average Bonchev–Trinajstić information content (AvgIpc) is 2.17. The second-order valence-electron chi connectivity index (χ2n) is 2.77. The predicted molar refractivity (Wildman–Crippen MR) is 54.3 cm³/mol. The van der Waals surface area contributed by atoms with Gasteiger partial charge in [-0.1, -0.05) is 0 Å². The quantitative estimate of drug-likeness (QED) is 0.787. The van der Waals surface area contributed by atoms with Crippen LogP contribution in [-0.4, -0.2) is 30.2 Å². The summed E-state index contributed by atoms with van der Waals surface area (Å²) < 4.78 is 24.5. The van der Waals surface area contributed by atoms with E-state index in [2.05, 4.69) is 9.71 Å². The van der Waals surface area contributed by atoms with E-state index in [0.29, 0.717) is 0 Å². The molecule has 0 bridgehead atoms. The zero-order valence-electron chi connectivity index (χ0n) is 7.97. The molecule has 0 atom stereocenters. The summed E-state index contributed by atoms with van der Waals surface area (Å²) in [4.78, 5) is 14.2. The van der Waals surface area contributed by atoms with Gasteiger partial charge in [0.25, 0.3) is 0 Å². The first-order valence-electron chi connectivity index (χ1n) is 4.13. The van der Waals surface area contributed by atoms with Crippen molar-refractivity contribution in [1.29, 1.82) is 0 Å². The van der Waals surface area contributed by atoms with Gasteiger partial charge in [-0.15, -0.1) is 0 Å². The Hall–Kier alpha value is -1.63. The van der Waals surface area contributed by atoms with E-state index in [0.717, 1.165) is 6.20 Å². The number of carbonyl (C=O) groups is 1. The van der Waals surface area contributed by atoms with Crippen LogP contribution >= 0.6 is 0 Å². The lowest BCUT2D eigenvalue weighted by Crippen LogP contribution is -2.15. The number of aromatic nitrogens is 1. The molecular weight excluding hydrogens is 220 g/mol. The summed E-state index contributed by atoms with van der Waals surface area (Å²) in [7, 11) is -3.40. The van der Waals surface area contributed by atoms with E-state index in [4.69, 9.17) is 5.11 Å². The van der Waals surface area contributed by atoms with Crippen LogP contribution in [0, 0.1) is 0 Å². The smallest absolute Gasteiger partial charge is 0.337 e. The number of nitrogens with zero attached hydrogens (tertiary/aromatic N) is 1. The number of hydrogen-bond donors (Lipinski definition) is 2. The number of pyridine rings is 1. The van der Waals surface area contributed by atoms with Gasteiger partial charge >= 0.3 is 5.97 Å². The molecule has 0 amide bonds. The first-order chi connectivity index (χ1) is 6.94. The molecule has 7 heteroatoms. The topological polar surface area (TPSA) is 96.4 Å². The van der Waals surface area contributed by atoms with Crippen LogP contribution in [-0.2, 0) is 10.0 Å². The van der Waals surface area contributed by atoms with Crippen molar-refractivity contribution in [3.63, 3.8) is 0 Å². The molecule has 1 heterocycles. The van der Waals surface area contributed by atoms with E-state index in [-0.39, 0.29) is 17.0 Å². The van der Waals surface area contributed by atoms with Crippen LogP contribution in [0.2, 0.25) is 0 Å². The van der Waals surface area contributed by atoms with Crippen molar-refractivity contribution < 1.29 is 18.3 Å². The van der Waals surface area contributed by atoms with Crippen LogP contribution in [0.5, 0.6) is 0 Å². The van der Waals surface area contributed by atoms with Crippen LogP contribution in [0.3, 0.4) is 0 Å². The van der Waals surface area contributed by atoms with Gasteiger partial charge in [-0.3, -0.25) is 9.71 Å². The van der Waals surface area contributed by atoms with Gasteiger partial charge in [-0.25, -0.2) is 13.2 Å². The summed E-state index contributed by atoms with van der Waals surface area (Å²) in [5.74, 6) is -1.23. The maximum Gasteiger partial charge on any atom is 0.337 e. The molecule has 0 aliphatic heterocycles. The van der Waals surface area contributed by atoms with Gasteiger partial charge in [0.2, 0.25) is 10.0 Å². The summed E-state index contributed by atoms with van der Waals surface area (Å²) in [5, 5.41) is 8.65. The van der Waals surface area contributed by atoms with Gasteiger partial charge in [0.05, 0.1) is 23.2 Å². The van der Waals surface area contributed by atoms with Crippen molar-refractivity contribution in [2.24, 2.45) is 0 Å². The number of carboxylic acid groups (broad SMARTS) is 1. The fraction of sp³-hybridized carbons (Fsp3) is 0.250. The number of hydrogen-bond acceptors (Lipinski definition) is 4. The minimum absolute atomic E-state index is 0.0636. The van der Waals surface area contributed by atoms with Crippen molar-refractivity contribution in [3.05, 3.63) is 24.0 Å². The number of anilines is 1. The maximum absolute atomic E-state index is 11.2. The molecule has 15 heavy (non-hydrogen) atoms. The Morgan fingerprint density at radius 3 is 2.73 bits per heavy atom. The van der Waals surface area contributed by atoms with Crippen molar-refractivity contribution in [1.82, 2.24) is 4.98 Å². The van der Waals surface area contributed by atoms with E-state index in [1.165, 1.54) is 19.2 Å². The van der Waals surface area contributed by atoms with E-state index in [9.17, 15) is 13.2 Å². The highest BCUT2D eigenvalue weighted by molar-refractivity contribution is 7.92. The molecule has 0 spiro atoms. The van der Waals surface area contributed by atoms with Crippen LogP contribution in [0.4, 0.5) is 5.69 Å². The average molecular weight is 230 g/mol. The second kappa shape index (κ2) is 4.26. The minimum atomic E-state index is -3.40. The number of rotatable bonds is 4. The maximum atomic E-state index is 11.2. The Balaban J connectivity index is 2.97. The number of carboxylic acids is 1. The molecule has 0 fully saturated rings. The molecule has 0 aliphatic carbocycles. The second-order valence-corrected chi connectivity index (χ2v) is 4.78. The fourth-order valence-electron chi connectivity index (χ4n) is 0.864. The highest BCUT2D eigenvalue weighted by Crippen LogP contribution is 2.10. The normalized spacial score (nSPS) is 11.0. The first-order valence-corrected chi connectivity index (χ1v) is 5.78. The number of aromatic carboxylic acids is 1. The monoisotopic (exact) mass is 230 g/mol. The summed E-state index contributed by atoms with van der Waals surface area (Å²) in [6.45, 7) is 1.48. The van der Waals surface area contributed by atoms with Gasteiger partial charge in [0.15, 0.2) is 0 Å². The molecule has 0 saturated carbocycles. The van der Waals surface area contributed by atoms with Gasteiger partial charge in [-0.05, 0) is 13.0 Å². The lowest BCUT2D eigenvalue weighted by atomic mass is 10.3. The van der Waals surface area contributed by atoms with E-state index >= 15 is 0 Å². The Morgan fingerprint density at radius 1 is 1.53 bits per heavy atom. The zero-order valence-corrected chi connectivity index (χ0v) is 8.78. The number of sulfonamides is 1. The van der Waals surface area contributed by atoms with E-state index in [1.54, 1.807) is 0 Å². The summed E-state index contributed by atoms with van der Waals surface area (Å²) in [6, 6.07) is 1.21. The van der Waals surface area contributed by atoms with Crippen molar-refractivity contribution >= 4 is 21.7 Å². The molecule has 0 radical (unpaired) electrons. The van der Waals surface area contributed by atoms with Gasteiger partial charge in [-0.2, -0.15) is 0 Å². The molecule has 82 valence electrons. The lowest BCUT2D eigenvalue weighted by Gasteiger charge is -2.05. The summed E-state index contributed by atoms with van der Waals surface area (Å²) >= 11 is 0. The third kappa shape index (κ3) is 3.21. The van der Waals surface area contributed by atoms with E-state index in [1.807, 2.05) is 0 Å². The Labute approximate surface area is 87.0 Å². The molecule has 0 unspecified atom stereocenters. The van der Waals surface area contributed by atoms with Crippen LogP contribution in [0.1, 0.15) is 17.3 Å². The molecule has 0 saturated heterocycles. The van der Waals surface area contributed by atoms with Gasteiger partial charge in [0, 0.05) is 6.20 Å². The zero-order chi connectivity index (χ0) is 11.5. The molecule has 6 nitrogen and oxygen atoms in total. The van der Waals surface area contributed by atoms with Crippen molar-refractivity contribution in [2.75, 3.05) is 10.5 Å². The highest BCUT2D eigenvalue weighted by Gasteiger charge is 2.09. The molecular formula is C8H10N2O4S. The van der Waals surface area contributed by atoms with Crippen LogP contribution in [0.15, 0.2) is 18.5 Å². The first kappa shape index (κ1) is 11.4. The predicted octanol–water partition coefficient (Wildman–Crippen LogP) is 0.541. The third-order valence-corrected chi connectivity index (χ3v) is 2.95. The van der Waals surface area contributed by atoms with Crippen molar-refractivity contribution in [2.45, 2.75) is 6.92 Å². The molecule has 1 aromatic rings. The molecule has 2 N–H and O–H groups in total. The number of nitrogens with one attached hydrogen (secondary N) is 1. The Bertz CT molecular complexity index is 469. The van der Waals surface area contributed by atoms with E-state index < -0.39 is 16.0 Å². The standard InChI is InChI=1S/C8H10N2O4S/c1-2-15(13,14)10-7-3-6(8(11)12)4-9-5-7/h3-5,10H,2H2,1H3,(H,11,12). The fourth-order valence-corrected chi connectivity index (χ4v) is 1.48. The van der Waals surface area contributed by atoms with Crippen LogP contribution in [0.25, 0.3) is 0 Å². The third-order valence-electron chi connectivity index (χ3n) is 1.64. The molecule has 1 rings (SSSR count). The van der Waals surface area contributed by atoms with Gasteiger partial charge < -0.3 is 5.11 Å². The Morgan fingerprint density at radius 2 is 2.20 bits per heavy atom. The molecule has 0 aliphatic rings. The van der Waals surface area contributed by atoms with Gasteiger partial charge in [0.1, 0.15) is 0 Å². The molecule has 0 aromatic carbocycles. The summed E-state index contributed by atoms with van der Waals surface area (Å²) in [5.41, 5.74) is 0.0862. The van der Waals surface area contributed by atoms with Crippen molar-refractivity contribution in [3.8, 4) is 0 Å². The van der Waals surface area contributed by atoms with Crippen LogP contribution < -0.4 is 4.72 Å². The molecule has 1 aromatic heterocycles. The summed E-state index contributed by atoms with van der Waals surface area (Å²) in [6.07, 6.45) is 2.39.